The molecule has 9 atom stereocenters. The van der Waals surface area contributed by atoms with Crippen LogP contribution >= 0.6 is 0 Å². The number of hydrogen-bond acceptors (Lipinski definition) is 17. The Bertz CT molecular complexity index is 6650. The molecule has 706 valence electrons. The predicted octanol–water partition coefficient (Wildman–Crippen LogP) is 19.9. The van der Waals surface area contributed by atoms with Gasteiger partial charge < -0.3 is 52.1 Å². The van der Waals surface area contributed by atoms with Gasteiger partial charge in [0.15, 0.2) is 34.7 Å². The molecule has 10 heterocycles. The quantitative estimate of drug-likeness (QED) is 0.0871. The Kier molecular flexibility index (Phi) is 22.8. The van der Waals surface area contributed by atoms with E-state index >= 15 is 0 Å². The van der Waals surface area contributed by atoms with Gasteiger partial charge in [-0.1, -0.05) is 73.1 Å². The summed E-state index contributed by atoms with van der Waals surface area (Å²) < 4.78 is 144. The Morgan fingerprint density at radius 2 is 0.781 bits per heavy atom. The van der Waals surface area contributed by atoms with Crippen LogP contribution in [0.3, 0.4) is 0 Å². The van der Waals surface area contributed by atoms with Crippen molar-refractivity contribution in [1.82, 2.24) is 48.9 Å². The fourth-order valence-electron chi connectivity index (χ4n) is 24.6. The van der Waals surface area contributed by atoms with E-state index < -0.39 is 34.4 Å². The largest absolute Gasteiger partial charge is 0.382 e. The summed E-state index contributed by atoms with van der Waals surface area (Å²) in [6, 6.07) is 42.5. The van der Waals surface area contributed by atoms with Gasteiger partial charge in [0, 0.05) is 42.8 Å². The average molecular weight is 1860 g/mol. The van der Waals surface area contributed by atoms with E-state index in [1.807, 2.05) is 80.9 Å². The van der Waals surface area contributed by atoms with Crippen LogP contribution in [-0.4, -0.2) is 162 Å². The molecule has 10 aliphatic carbocycles. The van der Waals surface area contributed by atoms with Crippen LogP contribution in [0.5, 0.6) is 0 Å². The van der Waals surface area contributed by atoms with E-state index in [1.54, 1.807) is 72.5 Å². The number of fused-ring (bicyclic) bond motifs is 15. The molecular weight excluding hydrogens is 1750 g/mol. The second-order valence-corrected chi connectivity index (χ2v) is 39.3. The molecule has 11 aromatic rings. The third kappa shape index (κ3) is 14.9. The molecule has 15 aliphatic rings. The molecule has 5 aromatic heterocycles. The van der Waals surface area contributed by atoms with Crippen molar-refractivity contribution in [2.45, 2.75) is 178 Å². The minimum Gasteiger partial charge on any atom is -0.382 e. The average Bonchev–Trinajstić information content (AvgIpc) is 1.57. The first kappa shape index (κ1) is 90.3. The fraction of sp³-hybridized carbons (Fsp3) is 0.382. The van der Waals surface area contributed by atoms with E-state index in [9.17, 15) is 26.7 Å². The number of Topliss-reactive ketones (excluding diaryl/α,β-unsaturated/α-hetero) is 1. The highest BCUT2D eigenvalue weighted by Crippen LogP contribution is 2.65. The predicted molar refractivity (Wildman–Crippen MR) is 504 cm³/mol. The number of ketones is 1. The van der Waals surface area contributed by atoms with E-state index in [-0.39, 0.29) is 81.3 Å². The molecule has 0 N–H and O–H groups in total. The first-order valence-electron chi connectivity index (χ1n) is 47.5. The van der Waals surface area contributed by atoms with Gasteiger partial charge in [-0.05, 0) is 294 Å². The maximum Gasteiger partial charge on any atom is 0.198 e. The fourth-order valence-corrected chi connectivity index (χ4v) is 24.6. The summed E-state index contributed by atoms with van der Waals surface area (Å²) in [7, 11) is 1.69. The highest BCUT2D eigenvalue weighted by molar-refractivity contribution is 6.05. The Labute approximate surface area is 791 Å². The van der Waals surface area contributed by atoms with Crippen LogP contribution in [0.2, 0.25) is 0 Å². The van der Waals surface area contributed by atoms with Crippen LogP contribution in [0.15, 0.2) is 247 Å². The lowest BCUT2D eigenvalue weighted by Gasteiger charge is -2.53. The zero-order chi connectivity index (χ0) is 94.2. The maximum absolute atomic E-state index is 13.6. The first-order valence-corrected chi connectivity index (χ1v) is 47.5. The van der Waals surface area contributed by atoms with Crippen molar-refractivity contribution in [1.29, 1.82) is 0 Å². The van der Waals surface area contributed by atoms with Crippen LogP contribution in [0, 0.1) is 56.2 Å². The molecule has 4 saturated carbocycles. The van der Waals surface area contributed by atoms with Crippen LogP contribution in [0.1, 0.15) is 154 Å². The number of allylic oxidation sites excluding steroid dienone is 1. The van der Waals surface area contributed by atoms with Gasteiger partial charge >= 0.3 is 0 Å². The number of rotatable bonds is 11. The summed E-state index contributed by atoms with van der Waals surface area (Å²) in [6.07, 6.45) is 38.1. The van der Waals surface area contributed by atoms with Gasteiger partial charge in [-0.25, -0.2) is 45.4 Å². The molecule has 27 heteroatoms. The van der Waals surface area contributed by atoms with Gasteiger partial charge in [-0.2, -0.15) is 25.5 Å². The van der Waals surface area contributed by atoms with E-state index in [0.29, 0.717) is 59.3 Å². The molecule has 2 unspecified atom stereocenters. The number of ether oxygens (including phenoxy) is 11. The molecule has 5 aliphatic heterocycles. The summed E-state index contributed by atoms with van der Waals surface area (Å²) in [4.78, 5) is 12.7. The minimum absolute atomic E-state index is 0.0236. The summed E-state index contributed by atoms with van der Waals surface area (Å²) in [5.41, 5.74) is 21.9. The smallest absolute Gasteiger partial charge is 0.198 e. The van der Waals surface area contributed by atoms with E-state index in [2.05, 4.69) is 116 Å². The zero-order valence-electron chi connectivity index (χ0n) is 77.6. The van der Waals surface area contributed by atoms with Crippen LogP contribution in [0.25, 0.3) is 58.8 Å². The number of aromatic nitrogens is 10. The van der Waals surface area contributed by atoms with Gasteiger partial charge in [0.2, 0.25) is 0 Å². The standard InChI is InChI=1S/C30H29FN2O2.C22H25FN2O3.C20H19FN2O2.C19H17FN2O3.C19H19FN2O2/c1-3-27-28(4-2)35-30(34-27)16-8-11-23-17-26-22(19-29(23,30)18-21-9-6-5-7-10-21)20-32-33(26)25-14-12-24(31)13-15-25;1-21-11-15-12-24-25(18-7-5-17(23)6-8-18)20(15)10-16(21)4-3-9-22(21)27-14-19(28-22)13-26-2;1-13-10-20(24-7-8-25-20)19(2)11-14-12-22-23(18(14)9-17(13)19)16-5-3-15(21)4-6-16;1-18-9-12-11-21-22(14-4-2-13(20)3-5-14)16(12)8-15(18)17(23)10-19(18)24-6-7-25-19;1-18-11-13-12-21-22(16-4-2-15(20)3-5-16)17(13)10-14(18)6-7-19(18)23-8-9-24-19/h3-7,9-10,12-15,17,20,27-28H,1-2,8,11,16,18-19H2;5-8,10,12,19H,3-4,9,11,13-14H2,1-2H3;3-6,9-10,12H,7-8,11H2,1-2H3;2-5,8,11H,6-7,9-10H2,1H3;2-5,10,12H,6-9,11H2,1H3/t27-,28-,29+;19?,21-,22?;19-;2*18-/m10000/s1. The molecule has 26 rings (SSSR count). The molecule has 5 spiro atoms. The molecule has 0 radical (unpaired) electrons. The third-order valence-electron chi connectivity index (χ3n) is 31.6. The van der Waals surface area contributed by atoms with E-state index in [0.717, 1.165) is 163 Å². The number of carbonyl (C=O) groups is 1. The molecule has 5 saturated heterocycles. The summed E-state index contributed by atoms with van der Waals surface area (Å²) >= 11 is 0. The van der Waals surface area contributed by atoms with Gasteiger partial charge in [0.25, 0.3) is 0 Å². The molecule has 137 heavy (non-hydrogen) atoms. The molecular formula is C110H109F5N10O12. The number of nitrogens with zero attached hydrogens (tertiary/aromatic N) is 10. The second-order valence-electron chi connectivity index (χ2n) is 39.3. The normalized spacial score (nSPS) is 27.7. The highest BCUT2D eigenvalue weighted by atomic mass is 19.1. The van der Waals surface area contributed by atoms with Gasteiger partial charge in [-0.15, -0.1) is 13.2 Å². The van der Waals surface area contributed by atoms with E-state index in [4.69, 9.17) is 57.2 Å². The molecule has 0 bridgehead atoms. The van der Waals surface area contributed by atoms with Gasteiger partial charge in [0.1, 0.15) is 47.4 Å². The van der Waals surface area contributed by atoms with Crippen molar-refractivity contribution in [2.24, 2.45) is 27.1 Å². The SMILES string of the molecule is C=C[C@H]1OC2(CCCC3=Cc4c(cnn4-c4ccc(F)cc4)C[C@@]32Cc2ccccc2)O[C@@H]1C=C.CC1=CC2(OCCO2)[C@@]2(C)Cc3cnn(-c4ccc(F)cc4)c3C=C12.COCC1COC2(CCCC3=Cc4c(cnn4-c4ccc(F)cc4)C[C@@]32C)O1.C[C@]12Cc3cnn(-c4ccc(F)cc4)c3C=C1C(=O)CC21OCCO1.C[C@]12Cc3cnn(-c4ccc(F)cc4)c3C=C1CCC21OCCO1. The summed E-state index contributed by atoms with van der Waals surface area (Å²) in [5.74, 6) is -4.60. The Balaban J connectivity index is 0.0000000997. The maximum atomic E-state index is 13.6. The molecule has 6 aromatic carbocycles. The lowest BCUT2D eigenvalue weighted by atomic mass is 9.58. The van der Waals surface area contributed by atoms with Gasteiger partial charge in [0.05, 0.1) is 163 Å². The van der Waals surface area contributed by atoms with Crippen molar-refractivity contribution < 1.29 is 78.9 Å². The molecule has 9 fully saturated rings. The summed E-state index contributed by atoms with van der Waals surface area (Å²) in [5, 5.41) is 22.8. The van der Waals surface area contributed by atoms with Crippen LogP contribution < -0.4 is 0 Å². The monoisotopic (exact) mass is 1860 g/mol. The van der Waals surface area contributed by atoms with Crippen molar-refractivity contribution in [2.75, 3.05) is 60.0 Å². The van der Waals surface area contributed by atoms with Crippen molar-refractivity contribution in [3.05, 3.63) is 338 Å². The van der Waals surface area contributed by atoms with E-state index in [1.165, 1.54) is 105 Å². The lowest BCUT2D eigenvalue weighted by molar-refractivity contribution is -0.248. The zero-order valence-corrected chi connectivity index (χ0v) is 77.6. The number of hydrogen-bond donors (Lipinski definition) is 0. The Morgan fingerprint density at radius 1 is 0.401 bits per heavy atom. The topological polar surface area (TPSA) is 208 Å². The van der Waals surface area contributed by atoms with Crippen molar-refractivity contribution in [3.63, 3.8) is 0 Å². The lowest BCUT2D eigenvalue weighted by Crippen LogP contribution is -2.56. The van der Waals surface area contributed by atoms with Crippen molar-refractivity contribution in [3.8, 4) is 28.4 Å². The number of halogens is 5. The van der Waals surface area contributed by atoms with Crippen LogP contribution in [0.4, 0.5) is 22.0 Å². The number of benzene rings is 6. The third-order valence-corrected chi connectivity index (χ3v) is 31.6. The Morgan fingerprint density at radius 3 is 1.23 bits per heavy atom. The van der Waals surface area contributed by atoms with Crippen molar-refractivity contribution >= 4 is 36.2 Å². The Hall–Kier alpha value is -11.8. The number of methoxy groups -OCH3 is 1. The van der Waals surface area contributed by atoms with Gasteiger partial charge in [-0.3, -0.25) is 4.79 Å². The molecule has 0 amide bonds. The minimum atomic E-state index is -0.856. The first-order chi connectivity index (χ1) is 66.3. The van der Waals surface area contributed by atoms with Crippen LogP contribution in [-0.2, 0) is 95.4 Å². The second kappa shape index (κ2) is 34.6. The summed E-state index contributed by atoms with van der Waals surface area (Å²) in [6.45, 7) is 23.6. The number of carbonyl (C=O) groups excluding carboxylic acids is 1. The molecule has 22 nitrogen and oxygen atoms in total. The highest BCUT2D eigenvalue weighted by Gasteiger charge is 2.67.